The molecule has 174 valence electrons. The number of para-hydroxylation sites is 1. The zero-order valence-electron chi connectivity index (χ0n) is 18.8. The first-order chi connectivity index (χ1) is 16.1. The van der Waals surface area contributed by atoms with Crippen molar-refractivity contribution in [2.45, 2.75) is 32.3 Å². The van der Waals surface area contributed by atoms with Crippen LogP contribution in [0.15, 0.2) is 78.9 Å². The first-order valence-electron chi connectivity index (χ1n) is 11.2. The molecule has 1 N–H and O–H groups in total. The third-order valence-electron chi connectivity index (χ3n) is 4.77. The van der Waals surface area contributed by atoms with Crippen LogP contribution < -0.4 is 14.2 Å². The topological polar surface area (TPSA) is 74.2 Å². The van der Waals surface area contributed by atoms with Gasteiger partial charge in [0.25, 0.3) is 0 Å². The molecule has 3 aromatic carbocycles. The first kappa shape index (κ1) is 24.1. The minimum atomic E-state index is -0.942. The largest absolute Gasteiger partial charge is 0.493 e. The molecule has 3 rings (SSSR count). The summed E-state index contributed by atoms with van der Waals surface area (Å²) in [7, 11) is 0. The fraction of sp³-hybridized carbons (Fsp3) is 0.296. The molecule has 33 heavy (non-hydrogen) atoms. The molecule has 0 spiro atoms. The molecule has 6 heteroatoms. The monoisotopic (exact) mass is 450 g/mol. The van der Waals surface area contributed by atoms with Crippen molar-refractivity contribution in [1.29, 1.82) is 0 Å². The highest BCUT2D eigenvalue weighted by Gasteiger charge is 2.18. The third kappa shape index (κ3) is 8.50. The maximum Gasteiger partial charge on any atom is 0.333 e. The molecule has 3 aromatic rings. The van der Waals surface area contributed by atoms with E-state index in [9.17, 15) is 9.90 Å². The Labute approximate surface area is 194 Å². The normalized spacial score (nSPS) is 11.5. The maximum atomic E-state index is 11.3. The Bertz CT molecular complexity index is 954. The van der Waals surface area contributed by atoms with Gasteiger partial charge < -0.3 is 24.1 Å². The van der Waals surface area contributed by atoms with Crippen molar-refractivity contribution in [3.8, 4) is 23.0 Å². The molecule has 0 saturated carbocycles. The van der Waals surface area contributed by atoms with Gasteiger partial charge in [0.05, 0.1) is 13.2 Å². The highest BCUT2D eigenvalue weighted by atomic mass is 16.5. The van der Waals surface area contributed by atoms with E-state index >= 15 is 0 Å². The van der Waals surface area contributed by atoms with Crippen LogP contribution in [-0.4, -0.2) is 37.0 Å². The zero-order valence-corrected chi connectivity index (χ0v) is 18.8. The molecular weight excluding hydrogens is 420 g/mol. The van der Waals surface area contributed by atoms with Gasteiger partial charge in [-0.3, -0.25) is 0 Å². The zero-order chi connectivity index (χ0) is 23.3. The van der Waals surface area contributed by atoms with Gasteiger partial charge in [0.2, 0.25) is 0 Å². The van der Waals surface area contributed by atoms with E-state index in [4.69, 9.17) is 18.9 Å². The van der Waals surface area contributed by atoms with Crippen LogP contribution in [0.25, 0.3) is 0 Å². The van der Waals surface area contributed by atoms with Gasteiger partial charge in [0.15, 0.2) is 6.10 Å². The van der Waals surface area contributed by atoms with Crippen molar-refractivity contribution < 1.29 is 28.8 Å². The smallest absolute Gasteiger partial charge is 0.333 e. The van der Waals surface area contributed by atoms with Crippen LogP contribution in [0.5, 0.6) is 23.0 Å². The minimum Gasteiger partial charge on any atom is -0.493 e. The number of ether oxygens (including phenoxy) is 4. The number of rotatable bonds is 14. The molecule has 1 atom stereocenters. The number of benzene rings is 3. The van der Waals surface area contributed by atoms with Gasteiger partial charge in [0, 0.05) is 19.4 Å². The van der Waals surface area contributed by atoms with E-state index in [1.165, 1.54) is 0 Å². The highest BCUT2D eigenvalue weighted by Crippen LogP contribution is 2.23. The predicted molar refractivity (Wildman–Crippen MR) is 126 cm³/mol. The molecule has 0 aromatic heterocycles. The van der Waals surface area contributed by atoms with Crippen LogP contribution in [0.4, 0.5) is 0 Å². The van der Waals surface area contributed by atoms with Crippen LogP contribution in [-0.2, 0) is 16.0 Å². The molecule has 0 saturated heterocycles. The summed E-state index contributed by atoms with van der Waals surface area (Å²) in [5.74, 6) is 2.12. The molecule has 0 aliphatic heterocycles. The summed E-state index contributed by atoms with van der Waals surface area (Å²) in [6.45, 7) is 3.44. The Hall–Kier alpha value is -3.51. The van der Waals surface area contributed by atoms with E-state index in [0.29, 0.717) is 26.2 Å². The Morgan fingerprint density at radius 2 is 1.30 bits per heavy atom. The quantitative estimate of drug-likeness (QED) is 0.315. The van der Waals surface area contributed by atoms with Crippen LogP contribution in [0.2, 0.25) is 0 Å². The van der Waals surface area contributed by atoms with E-state index in [1.54, 1.807) is 0 Å². The minimum absolute atomic E-state index is 0.332. The molecule has 0 amide bonds. The summed E-state index contributed by atoms with van der Waals surface area (Å²) >= 11 is 0. The van der Waals surface area contributed by atoms with Crippen LogP contribution in [0.3, 0.4) is 0 Å². The van der Waals surface area contributed by atoms with E-state index < -0.39 is 12.1 Å². The van der Waals surface area contributed by atoms with Crippen molar-refractivity contribution in [1.82, 2.24) is 0 Å². The fourth-order valence-corrected chi connectivity index (χ4v) is 3.08. The second kappa shape index (κ2) is 13.1. The van der Waals surface area contributed by atoms with Gasteiger partial charge in [-0.1, -0.05) is 37.3 Å². The number of aliphatic carboxylic acids is 1. The lowest BCUT2D eigenvalue weighted by molar-refractivity contribution is -0.150. The average molecular weight is 451 g/mol. The van der Waals surface area contributed by atoms with Crippen LogP contribution >= 0.6 is 0 Å². The molecule has 0 aliphatic rings. The van der Waals surface area contributed by atoms with E-state index in [0.717, 1.165) is 41.4 Å². The van der Waals surface area contributed by atoms with E-state index in [1.807, 2.05) is 85.8 Å². The molecular formula is C27H30O6. The Balaban J connectivity index is 1.35. The number of hydrogen-bond donors (Lipinski definition) is 1. The summed E-state index contributed by atoms with van der Waals surface area (Å²) in [6, 6.07) is 24.6. The molecule has 0 radical (unpaired) electrons. The number of carboxylic acids is 1. The SMILES string of the molecule is CCCOC(Cc1ccc(OCCCOc2ccc(Oc3ccccc3)cc2)cc1)C(=O)O. The second-order valence-electron chi connectivity index (χ2n) is 7.48. The number of carboxylic acid groups (broad SMARTS) is 1. The third-order valence-corrected chi connectivity index (χ3v) is 4.77. The van der Waals surface area contributed by atoms with Crippen molar-refractivity contribution >= 4 is 5.97 Å². The van der Waals surface area contributed by atoms with Crippen molar-refractivity contribution in [2.75, 3.05) is 19.8 Å². The fourth-order valence-electron chi connectivity index (χ4n) is 3.08. The van der Waals surface area contributed by atoms with Crippen LogP contribution in [0, 0.1) is 0 Å². The predicted octanol–water partition coefficient (Wildman–Crippen LogP) is 5.75. The summed E-state index contributed by atoms with van der Waals surface area (Å²) in [6.07, 6.45) is 1.02. The van der Waals surface area contributed by atoms with Crippen LogP contribution in [0.1, 0.15) is 25.3 Å². The molecule has 6 nitrogen and oxygen atoms in total. The van der Waals surface area contributed by atoms with Gasteiger partial charge >= 0.3 is 5.97 Å². The summed E-state index contributed by atoms with van der Waals surface area (Å²) in [5.41, 5.74) is 0.897. The van der Waals surface area contributed by atoms with Gasteiger partial charge in [-0.15, -0.1) is 0 Å². The first-order valence-corrected chi connectivity index (χ1v) is 11.2. The van der Waals surface area contributed by atoms with Gasteiger partial charge in [-0.25, -0.2) is 4.79 Å². The molecule has 1 unspecified atom stereocenters. The summed E-state index contributed by atoms with van der Waals surface area (Å²) < 4.78 is 22.7. The van der Waals surface area contributed by atoms with E-state index in [-0.39, 0.29) is 0 Å². The number of carbonyl (C=O) groups is 1. The lowest BCUT2D eigenvalue weighted by atomic mass is 10.1. The van der Waals surface area contributed by atoms with Crippen molar-refractivity contribution in [2.24, 2.45) is 0 Å². The van der Waals surface area contributed by atoms with E-state index in [2.05, 4.69) is 0 Å². The molecule has 0 heterocycles. The Morgan fingerprint density at radius 3 is 1.88 bits per heavy atom. The number of hydrogen-bond acceptors (Lipinski definition) is 5. The summed E-state index contributed by atoms with van der Waals surface area (Å²) in [4.78, 5) is 11.3. The molecule has 0 fully saturated rings. The maximum absolute atomic E-state index is 11.3. The van der Waals surface area contributed by atoms with Gasteiger partial charge in [0.1, 0.15) is 23.0 Å². The van der Waals surface area contributed by atoms with Crippen molar-refractivity contribution in [3.63, 3.8) is 0 Å². The van der Waals surface area contributed by atoms with Gasteiger partial charge in [-0.05, 0) is 60.5 Å². The Morgan fingerprint density at radius 1 is 0.758 bits per heavy atom. The lowest BCUT2D eigenvalue weighted by Crippen LogP contribution is -2.26. The van der Waals surface area contributed by atoms with Gasteiger partial charge in [-0.2, -0.15) is 0 Å². The average Bonchev–Trinajstić information content (AvgIpc) is 2.84. The molecule has 0 aliphatic carbocycles. The lowest BCUT2D eigenvalue weighted by Gasteiger charge is -2.13. The Kier molecular flexibility index (Phi) is 9.61. The highest BCUT2D eigenvalue weighted by molar-refractivity contribution is 5.72. The van der Waals surface area contributed by atoms with Crippen molar-refractivity contribution in [3.05, 3.63) is 84.4 Å². The second-order valence-corrected chi connectivity index (χ2v) is 7.48. The molecule has 0 bridgehead atoms. The standard InChI is InChI=1S/C27H30O6/c1-2-17-32-26(27(28)29)20-21-9-11-22(12-10-21)30-18-6-19-31-23-13-15-25(16-14-23)33-24-7-4-3-5-8-24/h3-5,7-16,26H,2,6,17-20H2,1H3,(H,28,29). The summed E-state index contributed by atoms with van der Waals surface area (Å²) in [5, 5.41) is 9.27.